The van der Waals surface area contributed by atoms with Gasteiger partial charge >= 0.3 is 5.97 Å². The third-order valence-corrected chi connectivity index (χ3v) is 4.06. The molecule has 0 saturated heterocycles. The molecule has 0 aliphatic rings. The predicted molar refractivity (Wildman–Crippen MR) is 81.1 cm³/mol. The number of hydrogen-bond acceptors (Lipinski definition) is 2. The average molecular weight is 346 g/mol. The van der Waals surface area contributed by atoms with Gasteiger partial charge in [-0.3, -0.25) is 4.79 Å². The normalized spacial score (nSPS) is 11.6. The van der Waals surface area contributed by atoms with Crippen molar-refractivity contribution in [2.24, 2.45) is 5.41 Å². The summed E-state index contributed by atoms with van der Waals surface area (Å²) >= 11 is 3.33. The van der Waals surface area contributed by atoms with Crippen molar-refractivity contribution in [2.45, 2.75) is 39.7 Å². The molecule has 0 atom stereocenters. The molecule has 0 amide bonds. The van der Waals surface area contributed by atoms with E-state index in [9.17, 15) is 9.18 Å². The van der Waals surface area contributed by atoms with E-state index in [1.165, 1.54) is 12.1 Å². The summed E-state index contributed by atoms with van der Waals surface area (Å²) in [5.74, 6) is -1.00. The van der Waals surface area contributed by atoms with Crippen LogP contribution < -0.4 is 5.32 Å². The average Bonchev–Trinajstić information content (AvgIpc) is 2.34. The predicted octanol–water partition coefficient (Wildman–Crippen LogP) is 3.96. The molecule has 0 saturated carbocycles. The number of nitrogens with one attached hydrogen (secondary N) is 1. The highest BCUT2D eigenvalue weighted by Gasteiger charge is 2.18. The minimum Gasteiger partial charge on any atom is -0.481 e. The van der Waals surface area contributed by atoms with Gasteiger partial charge in [0.1, 0.15) is 5.82 Å². The topological polar surface area (TPSA) is 49.3 Å². The van der Waals surface area contributed by atoms with E-state index in [-0.39, 0.29) is 17.7 Å². The molecule has 0 spiro atoms. The second-order valence-corrected chi connectivity index (χ2v) is 6.57. The summed E-state index contributed by atoms with van der Waals surface area (Å²) in [5, 5.41) is 12.0. The Morgan fingerprint density at radius 3 is 2.70 bits per heavy atom. The Morgan fingerprint density at radius 1 is 1.40 bits per heavy atom. The van der Waals surface area contributed by atoms with E-state index in [1.807, 2.05) is 0 Å². The second kappa shape index (κ2) is 7.74. The smallest absolute Gasteiger partial charge is 0.303 e. The van der Waals surface area contributed by atoms with Gasteiger partial charge in [-0.25, -0.2) is 4.39 Å². The van der Waals surface area contributed by atoms with Crippen molar-refractivity contribution in [3.63, 3.8) is 0 Å². The highest BCUT2D eigenvalue weighted by atomic mass is 79.9. The maximum absolute atomic E-state index is 12.9. The van der Waals surface area contributed by atoms with Crippen molar-refractivity contribution in [1.29, 1.82) is 0 Å². The summed E-state index contributed by atoms with van der Waals surface area (Å²) in [6, 6.07) is 4.65. The molecule has 112 valence electrons. The molecule has 0 fully saturated rings. The van der Waals surface area contributed by atoms with Crippen LogP contribution in [-0.2, 0) is 11.3 Å². The third kappa shape index (κ3) is 6.48. The Morgan fingerprint density at radius 2 is 2.10 bits per heavy atom. The van der Waals surface area contributed by atoms with Gasteiger partial charge in [-0.2, -0.15) is 0 Å². The van der Waals surface area contributed by atoms with E-state index < -0.39 is 5.97 Å². The fraction of sp³-hybridized carbons (Fsp3) is 0.533. The standard InChI is InChI=1S/C15H21BrFNO2/c1-15(2,6-5-14(19)20)7-8-18-10-11-3-4-12(17)9-13(11)16/h3-4,9,18H,5-8,10H2,1-2H3,(H,19,20). The largest absolute Gasteiger partial charge is 0.481 e. The van der Waals surface area contributed by atoms with Gasteiger partial charge in [-0.1, -0.05) is 35.8 Å². The molecule has 5 heteroatoms. The summed E-state index contributed by atoms with van der Waals surface area (Å²) in [6.45, 7) is 5.61. The second-order valence-electron chi connectivity index (χ2n) is 5.72. The van der Waals surface area contributed by atoms with Gasteiger partial charge in [-0.05, 0) is 42.5 Å². The number of hydrogen-bond donors (Lipinski definition) is 2. The molecule has 1 aromatic rings. The Balaban J connectivity index is 2.32. The first-order chi connectivity index (χ1) is 9.30. The Bertz CT molecular complexity index is 463. The number of aliphatic carboxylic acids is 1. The summed E-state index contributed by atoms with van der Waals surface area (Å²) in [4.78, 5) is 10.6. The van der Waals surface area contributed by atoms with Crippen molar-refractivity contribution in [3.05, 3.63) is 34.1 Å². The fourth-order valence-electron chi connectivity index (χ4n) is 1.89. The molecule has 3 nitrogen and oxygen atoms in total. The van der Waals surface area contributed by atoms with Gasteiger partial charge in [0.25, 0.3) is 0 Å². The van der Waals surface area contributed by atoms with Crippen LogP contribution >= 0.6 is 15.9 Å². The van der Waals surface area contributed by atoms with E-state index in [0.717, 1.165) is 23.0 Å². The van der Waals surface area contributed by atoms with Crippen LogP contribution in [0, 0.1) is 11.2 Å². The van der Waals surface area contributed by atoms with Crippen LogP contribution in [-0.4, -0.2) is 17.6 Å². The zero-order valence-electron chi connectivity index (χ0n) is 11.9. The van der Waals surface area contributed by atoms with Crippen LogP contribution in [0.2, 0.25) is 0 Å². The molecule has 0 radical (unpaired) electrons. The molecule has 0 aromatic heterocycles. The molecule has 0 bridgehead atoms. The first-order valence-electron chi connectivity index (χ1n) is 6.67. The Labute approximate surface area is 127 Å². The lowest BCUT2D eigenvalue weighted by molar-refractivity contribution is -0.137. The van der Waals surface area contributed by atoms with Gasteiger partial charge in [-0.15, -0.1) is 0 Å². The van der Waals surface area contributed by atoms with Crippen molar-refractivity contribution in [3.8, 4) is 0 Å². The Kier molecular flexibility index (Phi) is 6.62. The van der Waals surface area contributed by atoms with Crippen LogP contribution in [0.5, 0.6) is 0 Å². The van der Waals surface area contributed by atoms with E-state index >= 15 is 0 Å². The highest BCUT2D eigenvalue weighted by molar-refractivity contribution is 9.10. The van der Waals surface area contributed by atoms with E-state index in [2.05, 4.69) is 35.1 Å². The number of carbonyl (C=O) groups is 1. The van der Waals surface area contributed by atoms with Crippen LogP contribution in [0.3, 0.4) is 0 Å². The number of carboxylic acids is 1. The summed E-state index contributed by atoms with van der Waals surface area (Å²) < 4.78 is 13.7. The lowest BCUT2D eigenvalue weighted by atomic mass is 9.84. The molecule has 0 heterocycles. The first kappa shape index (κ1) is 17.1. The summed E-state index contributed by atoms with van der Waals surface area (Å²) in [5.41, 5.74) is 1.01. The monoisotopic (exact) mass is 345 g/mol. The van der Waals surface area contributed by atoms with Crippen molar-refractivity contribution < 1.29 is 14.3 Å². The van der Waals surface area contributed by atoms with Gasteiger partial charge in [0.15, 0.2) is 0 Å². The van der Waals surface area contributed by atoms with Crippen molar-refractivity contribution >= 4 is 21.9 Å². The van der Waals surface area contributed by atoms with E-state index in [1.54, 1.807) is 6.07 Å². The first-order valence-corrected chi connectivity index (χ1v) is 7.46. The zero-order valence-corrected chi connectivity index (χ0v) is 13.5. The number of rotatable bonds is 8. The van der Waals surface area contributed by atoms with Gasteiger partial charge in [0.2, 0.25) is 0 Å². The highest BCUT2D eigenvalue weighted by Crippen LogP contribution is 2.26. The molecule has 0 aliphatic heterocycles. The lowest BCUT2D eigenvalue weighted by Gasteiger charge is -2.24. The van der Waals surface area contributed by atoms with Gasteiger partial charge in [0, 0.05) is 17.4 Å². The molecule has 0 unspecified atom stereocenters. The minimum absolute atomic E-state index is 0.00538. The molecule has 0 aliphatic carbocycles. The van der Waals surface area contributed by atoms with E-state index in [4.69, 9.17) is 5.11 Å². The fourth-order valence-corrected chi connectivity index (χ4v) is 2.38. The maximum atomic E-state index is 12.9. The molecule has 1 rings (SSSR count). The molecule has 20 heavy (non-hydrogen) atoms. The zero-order chi connectivity index (χ0) is 15.2. The van der Waals surface area contributed by atoms with Gasteiger partial charge < -0.3 is 10.4 Å². The lowest BCUT2D eigenvalue weighted by Crippen LogP contribution is -2.23. The van der Waals surface area contributed by atoms with Crippen LogP contribution in [0.15, 0.2) is 22.7 Å². The number of carboxylic acid groups (broad SMARTS) is 1. The molecular weight excluding hydrogens is 325 g/mol. The van der Waals surface area contributed by atoms with E-state index in [0.29, 0.717) is 13.0 Å². The van der Waals surface area contributed by atoms with Crippen LogP contribution in [0.4, 0.5) is 4.39 Å². The van der Waals surface area contributed by atoms with Gasteiger partial charge in [0.05, 0.1) is 0 Å². The number of halogens is 2. The third-order valence-electron chi connectivity index (χ3n) is 3.32. The molecule has 2 N–H and O–H groups in total. The van der Waals surface area contributed by atoms with Crippen molar-refractivity contribution in [1.82, 2.24) is 5.32 Å². The Hall–Kier alpha value is -0.940. The number of benzene rings is 1. The molecular formula is C15H21BrFNO2. The van der Waals surface area contributed by atoms with Crippen molar-refractivity contribution in [2.75, 3.05) is 6.54 Å². The maximum Gasteiger partial charge on any atom is 0.303 e. The SMILES string of the molecule is CC(C)(CCNCc1ccc(F)cc1Br)CCC(=O)O. The minimum atomic E-state index is -0.749. The summed E-state index contributed by atoms with van der Waals surface area (Å²) in [7, 11) is 0. The quantitative estimate of drug-likeness (QED) is 0.701. The van der Waals surface area contributed by atoms with Crippen LogP contribution in [0.25, 0.3) is 0 Å². The summed E-state index contributed by atoms with van der Waals surface area (Å²) in [6.07, 6.45) is 1.78. The van der Waals surface area contributed by atoms with Crippen LogP contribution in [0.1, 0.15) is 38.7 Å². The molecule has 1 aromatic carbocycles.